The number of aliphatic hydroxyl groups excluding tert-OH is 1. The summed E-state index contributed by atoms with van der Waals surface area (Å²) in [5.74, 6) is -0.322. The van der Waals surface area contributed by atoms with Gasteiger partial charge in [0.25, 0.3) is 5.91 Å². The molecule has 0 saturated carbocycles. The van der Waals surface area contributed by atoms with Crippen LogP contribution in [0.15, 0.2) is 78.9 Å². The van der Waals surface area contributed by atoms with Gasteiger partial charge in [-0.25, -0.2) is 0 Å². The Balaban J connectivity index is 1.44. The van der Waals surface area contributed by atoms with Gasteiger partial charge in [0.05, 0.1) is 25.0 Å². The molecule has 3 aromatic rings. The van der Waals surface area contributed by atoms with E-state index in [0.29, 0.717) is 29.8 Å². The summed E-state index contributed by atoms with van der Waals surface area (Å²) < 4.78 is 5.38. The van der Waals surface area contributed by atoms with Gasteiger partial charge in [0, 0.05) is 30.2 Å². The summed E-state index contributed by atoms with van der Waals surface area (Å²) in [5, 5.41) is 20.9. The third-order valence-corrected chi connectivity index (χ3v) is 7.48. The summed E-state index contributed by atoms with van der Waals surface area (Å²) in [6.45, 7) is 2.05. The number of ether oxygens (including phenoxy) is 1. The second-order valence-electron chi connectivity index (χ2n) is 9.79. The Morgan fingerprint density at radius 1 is 1.03 bits per heavy atom. The average Bonchev–Trinajstić information content (AvgIpc) is 3.15. The van der Waals surface area contributed by atoms with Gasteiger partial charge in [-0.05, 0) is 60.4 Å². The highest BCUT2D eigenvalue weighted by atomic mass is 16.5. The number of anilines is 3. The normalized spacial score (nSPS) is 19.6. The van der Waals surface area contributed by atoms with E-state index >= 15 is 0 Å². The number of fused-ring (bicyclic) bond motifs is 2. The molecule has 7 heteroatoms. The highest BCUT2D eigenvalue weighted by molar-refractivity contribution is 6.07. The fraction of sp³-hybridized carbons (Fsp3) is 0.290. The van der Waals surface area contributed by atoms with Gasteiger partial charge < -0.3 is 19.8 Å². The van der Waals surface area contributed by atoms with E-state index in [4.69, 9.17) is 9.84 Å². The van der Waals surface area contributed by atoms with Crippen LogP contribution in [0, 0.1) is 5.92 Å². The van der Waals surface area contributed by atoms with E-state index in [1.54, 1.807) is 54.2 Å². The molecule has 0 radical (unpaired) electrons. The first kappa shape index (κ1) is 25.7. The van der Waals surface area contributed by atoms with Crippen LogP contribution >= 0.6 is 0 Å². The van der Waals surface area contributed by atoms with Gasteiger partial charge in [-0.15, -0.1) is 0 Å². The molecule has 3 aromatic carbocycles. The topological polar surface area (TPSA) is 90.3 Å². The number of amides is 2. The van der Waals surface area contributed by atoms with Crippen molar-refractivity contribution in [1.29, 1.82) is 0 Å². The molecule has 2 N–H and O–H groups in total. The van der Waals surface area contributed by atoms with Crippen molar-refractivity contribution in [3.63, 3.8) is 0 Å². The van der Waals surface area contributed by atoms with E-state index in [1.165, 1.54) is 0 Å². The highest BCUT2D eigenvalue weighted by Crippen LogP contribution is 2.47. The minimum absolute atomic E-state index is 0.00324. The third kappa shape index (κ3) is 4.38. The zero-order valence-electron chi connectivity index (χ0n) is 21.6. The average molecular weight is 513 g/mol. The van der Waals surface area contributed by atoms with Crippen molar-refractivity contribution in [3.05, 3.63) is 95.6 Å². The Labute approximate surface area is 222 Å². The monoisotopic (exact) mass is 512 g/mol. The highest BCUT2D eigenvalue weighted by Gasteiger charge is 2.52. The van der Waals surface area contributed by atoms with Crippen LogP contribution in [0.4, 0.5) is 17.1 Å². The molecule has 2 aliphatic heterocycles. The number of aliphatic hydroxyl groups is 2. The van der Waals surface area contributed by atoms with Crippen LogP contribution in [0.5, 0.6) is 5.75 Å². The SMILES string of the molecule is COc1ccc2c(c1)[C@@](O)([C@H](C)/C=C/CCO)C(=O)N2Cc1ccc(N2C(=O)CCc3ccccc32)cc1. The summed E-state index contributed by atoms with van der Waals surface area (Å²) in [7, 11) is 1.55. The molecular formula is C31H32N2O5. The zero-order chi connectivity index (χ0) is 26.9. The maximum Gasteiger partial charge on any atom is 0.264 e. The molecule has 0 saturated heterocycles. The van der Waals surface area contributed by atoms with Gasteiger partial charge in [-0.3, -0.25) is 14.5 Å². The number of carbonyl (C=O) groups excluding carboxylic acids is 2. The molecule has 0 bridgehead atoms. The maximum absolute atomic E-state index is 13.8. The van der Waals surface area contributed by atoms with Crippen molar-refractivity contribution in [2.45, 2.75) is 38.3 Å². The Morgan fingerprint density at radius 2 is 1.79 bits per heavy atom. The molecule has 7 nitrogen and oxygen atoms in total. The quantitative estimate of drug-likeness (QED) is 0.430. The van der Waals surface area contributed by atoms with Crippen LogP contribution in [0.25, 0.3) is 0 Å². The molecule has 2 aliphatic rings. The van der Waals surface area contributed by atoms with Crippen LogP contribution in [0.2, 0.25) is 0 Å². The predicted octanol–water partition coefficient (Wildman–Crippen LogP) is 4.62. The minimum Gasteiger partial charge on any atom is -0.497 e. The predicted molar refractivity (Wildman–Crippen MR) is 146 cm³/mol. The van der Waals surface area contributed by atoms with Gasteiger partial charge in [-0.2, -0.15) is 0 Å². The first-order chi connectivity index (χ1) is 18.4. The van der Waals surface area contributed by atoms with Crippen molar-refractivity contribution in [3.8, 4) is 5.75 Å². The summed E-state index contributed by atoms with van der Waals surface area (Å²) in [4.78, 5) is 29.9. The van der Waals surface area contributed by atoms with E-state index in [9.17, 15) is 14.7 Å². The molecule has 2 heterocycles. The van der Waals surface area contributed by atoms with Crippen LogP contribution in [-0.2, 0) is 28.2 Å². The van der Waals surface area contributed by atoms with Crippen molar-refractivity contribution < 1.29 is 24.5 Å². The van der Waals surface area contributed by atoms with Gasteiger partial charge in [-0.1, -0.05) is 49.4 Å². The fourth-order valence-corrected chi connectivity index (χ4v) is 5.37. The number of carbonyl (C=O) groups is 2. The summed E-state index contributed by atoms with van der Waals surface area (Å²) in [5.41, 5.74) is 3.06. The number of para-hydroxylation sites is 1. The summed E-state index contributed by atoms with van der Waals surface area (Å²) in [6.07, 6.45) is 5.19. The third-order valence-electron chi connectivity index (χ3n) is 7.48. The van der Waals surface area contributed by atoms with Crippen molar-refractivity contribution in [2.24, 2.45) is 5.92 Å². The lowest BCUT2D eigenvalue weighted by Gasteiger charge is -2.30. The van der Waals surface area contributed by atoms with Gasteiger partial charge in [0.2, 0.25) is 5.91 Å². The number of methoxy groups -OCH3 is 1. The first-order valence-corrected chi connectivity index (χ1v) is 12.9. The fourth-order valence-electron chi connectivity index (χ4n) is 5.37. The van der Waals surface area contributed by atoms with E-state index in [0.717, 1.165) is 28.9 Å². The van der Waals surface area contributed by atoms with Crippen molar-refractivity contribution in [2.75, 3.05) is 23.5 Å². The van der Waals surface area contributed by atoms with Crippen LogP contribution in [0.1, 0.15) is 36.5 Å². The second-order valence-corrected chi connectivity index (χ2v) is 9.79. The lowest BCUT2D eigenvalue weighted by atomic mass is 9.83. The molecule has 196 valence electrons. The number of rotatable bonds is 8. The van der Waals surface area contributed by atoms with E-state index in [1.807, 2.05) is 42.5 Å². The number of aryl methyl sites for hydroxylation is 1. The molecule has 0 spiro atoms. The smallest absolute Gasteiger partial charge is 0.264 e. The molecule has 0 unspecified atom stereocenters. The number of nitrogens with zero attached hydrogens (tertiary/aromatic N) is 2. The van der Waals surface area contributed by atoms with Gasteiger partial charge >= 0.3 is 0 Å². The maximum atomic E-state index is 13.8. The van der Waals surface area contributed by atoms with E-state index in [2.05, 4.69) is 6.07 Å². The molecule has 0 aromatic heterocycles. The molecule has 2 amide bonds. The van der Waals surface area contributed by atoms with Crippen LogP contribution in [-0.4, -0.2) is 35.7 Å². The van der Waals surface area contributed by atoms with E-state index in [-0.39, 0.29) is 19.1 Å². The number of hydrogen-bond donors (Lipinski definition) is 2. The molecule has 0 fully saturated rings. The molecular weight excluding hydrogens is 480 g/mol. The molecule has 5 rings (SSSR count). The summed E-state index contributed by atoms with van der Waals surface area (Å²) in [6, 6.07) is 20.9. The second kappa shape index (κ2) is 10.4. The van der Waals surface area contributed by atoms with Crippen LogP contribution in [0.3, 0.4) is 0 Å². The summed E-state index contributed by atoms with van der Waals surface area (Å²) >= 11 is 0. The van der Waals surface area contributed by atoms with Crippen molar-refractivity contribution >= 4 is 28.9 Å². The largest absolute Gasteiger partial charge is 0.497 e. The Morgan fingerprint density at radius 3 is 2.53 bits per heavy atom. The minimum atomic E-state index is -1.76. The number of benzene rings is 3. The molecule has 2 atom stereocenters. The lowest BCUT2D eigenvalue weighted by molar-refractivity contribution is -0.139. The van der Waals surface area contributed by atoms with Gasteiger partial charge in [0.1, 0.15) is 5.75 Å². The van der Waals surface area contributed by atoms with Crippen molar-refractivity contribution in [1.82, 2.24) is 0 Å². The molecule has 0 aliphatic carbocycles. The Hall–Kier alpha value is -3.94. The van der Waals surface area contributed by atoms with Gasteiger partial charge in [0.15, 0.2) is 5.60 Å². The Bertz CT molecular complexity index is 1380. The Kier molecular flexibility index (Phi) is 7.06. The number of hydrogen-bond acceptors (Lipinski definition) is 5. The van der Waals surface area contributed by atoms with E-state index < -0.39 is 17.4 Å². The molecule has 38 heavy (non-hydrogen) atoms. The lowest BCUT2D eigenvalue weighted by Crippen LogP contribution is -2.44. The zero-order valence-corrected chi connectivity index (χ0v) is 21.6. The van der Waals surface area contributed by atoms with Crippen LogP contribution < -0.4 is 14.5 Å². The first-order valence-electron chi connectivity index (χ1n) is 12.9. The standard InChI is InChI=1S/C31H32N2O5/c1-21(7-5-6-18-34)31(37)26-19-25(38-2)15-16-28(26)32(30(31)36)20-22-10-13-24(14-11-22)33-27-9-4-3-8-23(27)12-17-29(33)35/h3-5,7-11,13-16,19,21,34,37H,6,12,17-18,20H2,1-2H3/b7-5+/t21-,31+/m1/s1.